The molecule has 65 heavy (non-hydrogen) atoms. The second kappa shape index (κ2) is 54.2. The van der Waals surface area contributed by atoms with E-state index in [9.17, 15) is 14.4 Å². The number of esters is 3. The number of ether oxygens (including phenoxy) is 3. The number of carbonyl (C=O) groups excluding carboxylic acids is 3. The highest BCUT2D eigenvalue weighted by molar-refractivity contribution is 5.71. The zero-order chi connectivity index (χ0) is 47.2. The van der Waals surface area contributed by atoms with E-state index in [1.807, 2.05) is 0 Å². The summed E-state index contributed by atoms with van der Waals surface area (Å²) in [6.07, 6.45) is 64.1. The van der Waals surface area contributed by atoms with Gasteiger partial charge in [0.15, 0.2) is 6.10 Å². The lowest BCUT2D eigenvalue weighted by Crippen LogP contribution is -2.30. The molecule has 0 spiro atoms. The van der Waals surface area contributed by atoms with Crippen LogP contribution in [0.2, 0.25) is 0 Å². The lowest BCUT2D eigenvalue weighted by molar-refractivity contribution is -0.167. The number of unbranched alkanes of at least 4 members (excludes halogenated alkanes) is 35. The summed E-state index contributed by atoms with van der Waals surface area (Å²) in [6, 6.07) is 0. The second-order valence-corrected chi connectivity index (χ2v) is 19.2. The first-order valence-electron chi connectivity index (χ1n) is 28.5. The summed E-state index contributed by atoms with van der Waals surface area (Å²) in [6.45, 7) is 6.63. The summed E-state index contributed by atoms with van der Waals surface area (Å²) in [7, 11) is 0. The predicted octanol–water partition coefficient (Wildman–Crippen LogP) is 18.9. The average Bonchev–Trinajstić information content (AvgIpc) is 3.30. The first kappa shape index (κ1) is 62.6. The molecule has 0 bridgehead atoms. The van der Waals surface area contributed by atoms with Crippen LogP contribution in [0.25, 0.3) is 0 Å². The molecule has 0 unspecified atom stereocenters. The Morgan fingerprint density at radius 3 is 0.785 bits per heavy atom. The number of hydrogen-bond donors (Lipinski definition) is 0. The highest BCUT2D eigenvalue weighted by atomic mass is 16.6. The van der Waals surface area contributed by atoms with Gasteiger partial charge in [0.2, 0.25) is 0 Å². The molecule has 0 N–H and O–H groups in total. The van der Waals surface area contributed by atoms with Crippen LogP contribution in [0, 0.1) is 0 Å². The molecule has 0 radical (unpaired) electrons. The predicted molar refractivity (Wildman–Crippen MR) is 279 cm³/mol. The molecule has 6 nitrogen and oxygen atoms in total. The number of carbonyl (C=O) groups is 3. The third-order valence-electron chi connectivity index (χ3n) is 12.6. The number of hydrogen-bond acceptors (Lipinski definition) is 6. The molecular weight excluding hydrogens is 805 g/mol. The van der Waals surface area contributed by atoms with Gasteiger partial charge in [-0.3, -0.25) is 14.4 Å². The quantitative estimate of drug-likeness (QED) is 0.0262. The zero-order valence-electron chi connectivity index (χ0n) is 43.5. The molecule has 0 fully saturated rings. The van der Waals surface area contributed by atoms with Gasteiger partial charge in [0.25, 0.3) is 0 Å². The summed E-state index contributed by atoms with van der Waals surface area (Å²) < 4.78 is 16.9. The molecule has 0 amide bonds. The minimum Gasteiger partial charge on any atom is -0.462 e. The van der Waals surface area contributed by atoms with E-state index in [2.05, 4.69) is 57.2 Å². The van der Waals surface area contributed by atoms with Crippen molar-refractivity contribution in [1.29, 1.82) is 0 Å². The Balaban J connectivity index is 4.36. The molecule has 0 heterocycles. The minimum atomic E-state index is -0.777. The summed E-state index contributed by atoms with van der Waals surface area (Å²) in [4.78, 5) is 38.1. The largest absolute Gasteiger partial charge is 0.462 e. The Hall–Kier alpha value is -2.37. The van der Waals surface area contributed by atoms with Gasteiger partial charge in [-0.2, -0.15) is 0 Å². The molecule has 1 atom stereocenters. The highest BCUT2D eigenvalue weighted by Crippen LogP contribution is 2.15. The first-order chi connectivity index (χ1) is 32.0. The monoisotopic (exact) mass is 913 g/mol. The second-order valence-electron chi connectivity index (χ2n) is 19.2. The molecule has 0 aliphatic heterocycles. The van der Waals surface area contributed by atoms with Gasteiger partial charge in [-0.25, -0.2) is 0 Å². The average molecular weight is 914 g/mol. The van der Waals surface area contributed by atoms with Gasteiger partial charge in [0.1, 0.15) is 13.2 Å². The maximum absolute atomic E-state index is 12.8. The van der Waals surface area contributed by atoms with E-state index in [0.29, 0.717) is 19.3 Å². The Morgan fingerprint density at radius 2 is 0.508 bits per heavy atom. The number of rotatable bonds is 52. The maximum Gasteiger partial charge on any atom is 0.306 e. The van der Waals surface area contributed by atoms with E-state index < -0.39 is 6.10 Å². The molecule has 0 saturated carbocycles. The van der Waals surface area contributed by atoms with Gasteiger partial charge in [0, 0.05) is 19.3 Å². The van der Waals surface area contributed by atoms with Crippen molar-refractivity contribution in [3.8, 4) is 0 Å². The molecular formula is C59H108O6. The van der Waals surface area contributed by atoms with Crippen LogP contribution in [0.5, 0.6) is 0 Å². The van der Waals surface area contributed by atoms with E-state index in [4.69, 9.17) is 14.2 Å². The van der Waals surface area contributed by atoms with E-state index >= 15 is 0 Å². The fourth-order valence-corrected chi connectivity index (χ4v) is 8.25. The van der Waals surface area contributed by atoms with E-state index in [-0.39, 0.29) is 31.1 Å². The van der Waals surface area contributed by atoms with Gasteiger partial charge in [-0.05, 0) is 96.3 Å². The maximum atomic E-state index is 12.8. The van der Waals surface area contributed by atoms with E-state index in [1.54, 1.807) is 0 Å². The first-order valence-corrected chi connectivity index (χ1v) is 28.5. The van der Waals surface area contributed by atoms with E-state index in [1.165, 1.54) is 199 Å². The Kier molecular flexibility index (Phi) is 52.3. The molecule has 0 aromatic carbocycles. The molecule has 6 heteroatoms. The molecule has 0 aromatic heterocycles. The molecule has 0 aromatic rings. The smallest absolute Gasteiger partial charge is 0.306 e. The van der Waals surface area contributed by atoms with Gasteiger partial charge < -0.3 is 14.2 Å². The zero-order valence-corrected chi connectivity index (χ0v) is 43.5. The van der Waals surface area contributed by atoms with Crippen LogP contribution in [-0.2, 0) is 28.6 Å². The molecule has 0 aliphatic carbocycles. The lowest BCUT2D eigenvalue weighted by Gasteiger charge is -2.18. The van der Waals surface area contributed by atoms with E-state index in [0.717, 1.165) is 64.2 Å². The van der Waals surface area contributed by atoms with Crippen LogP contribution in [0.3, 0.4) is 0 Å². The summed E-state index contributed by atoms with van der Waals surface area (Å²) in [5, 5.41) is 0. The van der Waals surface area contributed by atoms with Crippen LogP contribution in [0.4, 0.5) is 0 Å². The SMILES string of the molecule is CCCCCC/C=C\CCCCCCCC(=O)OC[C@@H](COC(=O)CCCCCCCCC/C=C\CCCCCCCC)OC(=O)CCCCCCCCC/C=C\CCCCCCCC. The third-order valence-corrected chi connectivity index (χ3v) is 12.6. The Labute approximate surface area is 404 Å². The third kappa shape index (κ3) is 52.5. The molecule has 0 saturated heterocycles. The van der Waals surface area contributed by atoms with Crippen LogP contribution >= 0.6 is 0 Å². The van der Waals surface area contributed by atoms with Crippen molar-refractivity contribution in [2.75, 3.05) is 13.2 Å². The lowest BCUT2D eigenvalue weighted by atomic mass is 10.1. The van der Waals surface area contributed by atoms with Crippen LogP contribution in [0.1, 0.15) is 303 Å². The van der Waals surface area contributed by atoms with Crippen molar-refractivity contribution in [1.82, 2.24) is 0 Å². The van der Waals surface area contributed by atoms with Crippen molar-refractivity contribution in [3.05, 3.63) is 36.5 Å². The number of allylic oxidation sites excluding steroid dienone is 6. The molecule has 380 valence electrons. The summed E-state index contributed by atoms with van der Waals surface area (Å²) in [5.74, 6) is -0.880. The van der Waals surface area contributed by atoms with Crippen LogP contribution in [-0.4, -0.2) is 37.2 Å². The fourth-order valence-electron chi connectivity index (χ4n) is 8.25. The normalized spacial score (nSPS) is 12.2. The fraction of sp³-hybridized carbons (Fsp3) is 0.847. The summed E-state index contributed by atoms with van der Waals surface area (Å²) >= 11 is 0. The van der Waals surface area contributed by atoms with Crippen LogP contribution < -0.4 is 0 Å². The van der Waals surface area contributed by atoms with Gasteiger partial charge in [-0.1, -0.05) is 224 Å². The molecule has 0 rings (SSSR count). The minimum absolute atomic E-state index is 0.0767. The van der Waals surface area contributed by atoms with Crippen molar-refractivity contribution < 1.29 is 28.6 Å². The topological polar surface area (TPSA) is 78.9 Å². The standard InChI is InChI=1S/C59H108O6/c1-4-7-10-13-16-19-22-25-27-29-31-34-37-40-43-46-49-52-58(61)64-55-56(54-63-57(60)51-48-45-42-39-36-33-24-21-18-15-12-9-6-3)65-59(62)53-50-47-44-41-38-35-32-30-28-26-23-20-17-14-11-8-5-2/h21,24-28,56H,4-20,22-23,29-55H2,1-3H3/b24-21-,27-25-,28-26-/t56-/m0/s1. The van der Waals surface area contributed by atoms with Crippen LogP contribution in [0.15, 0.2) is 36.5 Å². The van der Waals surface area contributed by atoms with Crippen molar-refractivity contribution >= 4 is 17.9 Å². The van der Waals surface area contributed by atoms with Crippen molar-refractivity contribution in [2.45, 2.75) is 309 Å². The molecule has 0 aliphatic rings. The summed E-state index contributed by atoms with van der Waals surface area (Å²) in [5.41, 5.74) is 0. The Bertz CT molecular complexity index is 1090. The van der Waals surface area contributed by atoms with Gasteiger partial charge >= 0.3 is 17.9 Å². The van der Waals surface area contributed by atoms with Gasteiger partial charge in [-0.15, -0.1) is 0 Å². The highest BCUT2D eigenvalue weighted by Gasteiger charge is 2.19. The van der Waals surface area contributed by atoms with Crippen molar-refractivity contribution in [2.24, 2.45) is 0 Å². The van der Waals surface area contributed by atoms with Gasteiger partial charge in [0.05, 0.1) is 0 Å². The van der Waals surface area contributed by atoms with Crippen molar-refractivity contribution in [3.63, 3.8) is 0 Å². The Morgan fingerprint density at radius 1 is 0.292 bits per heavy atom.